The summed E-state index contributed by atoms with van der Waals surface area (Å²) in [6, 6.07) is 15.3. The second-order valence-corrected chi connectivity index (χ2v) is 5.40. The summed E-state index contributed by atoms with van der Waals surface area (Å²) in [5, 5.41) is 4.08. The molecule has 0 saturated carbocycles. The Morgan fingerprint density at radius 1 is 1.17 bits per heavy atom. The first kappa shape index (κ1) is 15.8. The normalized spacial score (nSPS) is 13.3. The van der Waals surface area contributed by atoms with E-state index in [9.17, 15) is 4.79 Å². The van der Waals surface area contributed by atoms with E-state index in [1.54, 1.807) is 0 Å². The molecule has 0 aromatic heterocycles. The number of benzene rings is 2. The number of hydrazone groups is 1. The largest absolute Gasteiger partial charge is 0.454 e. The predicted molar refractivity (Wildman–Crippen MR) is 93.0 cm³/mol. The third-order valence-corrected chi connectivity index (χ3v) is 3.48. The Bertz CT molecular complexity index is 782. The number of ether oxygens (including phenoxy) is 2. The van der Waals surface area contributed by atoms with Crippen LogP contribution in [0.5, 0.6) is 11.5 Å². The summed E-state index contributed by atoms with van der Waals surface area (Å²) in [4.78, 5) is 11.8. The zero-order valence-electron chi connectivity index (χ0n) is 13.4. The van der Waals surface area contributed by atoms with E-state index in [2.05, 4.69) is 10.5 Å². The van der Waals surface area contributed by atoms with Gasteiger partial charge in [-0.2, -0.15) is 5.10 Å². The number of nitrogens with one attached hydrogen (secondary N) is 1. The van der Waals surface area contributed by atoms with Crippen LogP contribution < -0.4 is 14.9 Å². The molecule has 2 aromatic carbocycles. The van der Waals surface area contributed by atoms with E-state index >= 15 is 0 Å². The number of carbonyl (C=O) groups excluding carboxylic acids is 1. The topological polar surface area (TPSA) is 59.9 Å². The standard InChI is InChI=1S/C19H18N2O3/c1-14(20-21-19(22)12-15-5-3-2-4-6-15)7-8-16-9-10-17-18(11-16)24-13-23-17/h2-11H,12-13H2,1H3,(H,21,22)/b8-7+,20-14+. The second kappa shape index (κ2) is 7.46. The molecule has 1 aliphatic heterocycles. The highest BCUT2D eigenvalue weighted by Crippen LogP contribution is 2.32. The van der Waals surface area contributed by atoms with Gasteiger partial charge in [-0.15, -0.1) is 0 Å². The lowest BCUT2D eigenvalue weighted by molar-refractivity contribution is -0.120. The molecule has 0 spiro atoms. The van der Waals surface area contributed by atoms with Crippen molar-refractivity contribution in [2.45, 2.75) is 13.3 Å². The molecule has 3 rings (SSSR count). The van der Waals surface area contributed by atoms with Crippen molar-refractivity contribution in [3.05, 3.63) is 65.7 Å². The molecule has 5 nitrogen and oxygen atoms in total. The number of rotatable bonds is 5. The van der Waals surface area contributed by atoms with Crippen LogP contribution in [0, 0.1) is 0 Å². The number of hydrogen-bond donors (Lipinski definition) is 1. The predicted octanol–water partition coefficient (Wildman–Crippen LogP) is 3.16. The van der Waals surface area contributed by atoms with E-state index in [0.29, 0.717) is 12.1 Å². The minimum atomic E-state index is -0.142. The Kier molecular flexibility index (Phi) is 4.91. The summed E-state index contributed by atoms with van der Waals surface area (Å²) in [5.74, 6) is 1.35. The summed E-state index contributed by atoms with van der Waals surface area (Å²) in [7, 11) is 0. The molecule has 0 atom stereocenters. The molecule has 122 valence electrons. The van der Waals surface area contributed by atoms with Crippen LogP contribution in [0.4, 0.5) is 0 Å². The number of amides is 1. The molecule has 2 aromatic rings. The van der Waals surface area contributed by atoms with Gasteiger partial charge in [-0.1, -0.05) is 42.5 Å². The molecule has 0 unspecified atom stereocenters. The number of hydrogen-bond acceptors (Lipinski definition) is 4. The van der Waals surface area contributed by atoms with Crippen molar-refractivity contribution in [1.82, 2.24) is 5.43 Å². The number of fused-ring (bicyclic) bond motifs is 1. The van der Waals surface area contributed by atoms with Crippen LogP contribution in [-0.4, -0.2) is 18.4 Å². The molecule has 0 fully saturated rings. The summed E-state index contributed by atoms with van der Waals surface area (Å²) >= 11 is 0. The van der Waals surface area contributed by atoms with Gasteiger partial charge in [0.05, 0.1) is 12.1 Å². The van der Waals surface area contributed by atoms with Crippen molar-refractivity contribution in [3.63, 3.8) is 0 Å². The summed E-state index contributed by atoms with van der Waals surface area (Å²) in [6.07, 6.45) is 4.05. The molecule has 0 saturated heterocycles. The lowest BCUT2D eigenvalue weighted by Gasteiger charge is -2.01. The van der Waals surface area contributed by atoms with Crippen molar-refractivity contribution in [2.75, 3.05) is 6.79 Å². The Balaban J connectivity index is 1.55. The Labute approximate surface area is 140 Å². The minimum absolute atomic E-state index is 0.142. The van der Waals surface area contributed by atoms with Gasteiger partial charge in [0.2, 0.25) is 12.7 Å². The van der Waals surface area contributed by atoms with Gasteiger partial charge in [0, 0.05) is 0 Å². The van der Waals surface area contributed by atoms with Crippen molar-refractivity contribution in [3.8, 4) is 11.5 Å². The fourth-order valence-corrected chi connectivity index (χ4v) is 2.24. The second-order valence-electron chi connectivity index (χ2n) is 5.40. The van der Waals surface area contributed by atoms with E-state index < -0.39 is 0 Å². The Morgan fingerprint density at radius 2 is 1.96 bits per heavy atom. The molecule has 0 bridgehead atoms. The van der Waals surface area contributed by atoms with Crippen molar-refractivity contribution < 1.29 is 14.3 Å². The maximum absolute atomic E-state index is 11.8. The first-order valence-electron chi connectivity index (χ1n) is 7.65. The maximum atomic E-state index is 11.8. The van der Waals surface area contributed by atoms with Gasteiger partial charge in [-0.25, -0.2) is 5.43 Å². The van der Waals surface area contributed by atoms with E-state index in [1.165, 1.54) is 0 Å². The van der Waals surface area contributed by atoms with Gasteiger partial charge in [-0.05, 0) is 36.3 Å². The molecule has 1 N–H and O–H groups in total. The van der Waals surface area contributed by atoms with Crippen LogP contribution in [0.3, 0.4) is 0 Å². The number of carbonyl (C=O) groups is 1. The first-order chi connectivity index (χ1) is 11.7. The average Bonchev–Trinajstić information content (AvgIpc) is 3.07. The molecule has 1 aliphatic rings. The van der Waals surface area contributed by atoms with Crippen LogP contribution in [0.15, 0.2) is 59.7 Å². The van der Waals surface area contributed by atoms with Crippen LogP contribution in [0.1, 0.15) is 18.1 Å². The molecule has 0 aliphatic carbocycles. The lowest BCUT2D eigenvalue weighted by atomic mass is 10.1. The monoisotopic (exact) mass is 322 g/mol. The zero-order chi connectivity index (χ0) is 16.8. The van der Waals surface area contributed by atoms with Crippen molar-refractivity contribution >= 4 is 17.7 Å². The highest BCUT2D eigenvalue weighted by atomic mass is 16.7. The summed E-state index contributed by atoms with van der Waals surface area (Å²) in [5.41, 5.74) is 5.20. The summed E-state index contributed by atoms with van der Waals surface area (Å²) in [6.45, 7) is 2.09. The fraction of sp³-hybridized carbons (Fsp3) is 0.158. The molecule has 0 radical (unpaired) electrons. The average molecular weight is 322 g/mol. The highest BCUT2D eigenvalue weighted by Gasteiger charge is 2.12. The molecule has 1 heterocycles. The molecule has 5 heteroatoms. The molecular formula is C19H18N2O3. The smallest absolute Gasteiger partial charge is 0.244 e. The SMILES string of the molecule is CC(/C=C/c1ccc2c(c1)OCO2)=N\NC(=O)Cc1ccccc1. The van der Waals surface area contributed by atoms with E-state index in [-0.39, 0.29) is 12.7 Å². The molecule has 1 amide bonds. The lowest BCUT2D eigenvalue weighted by Crippen LogP contribution is -2.20. The van der Waals surface area contributed by atoms with Gasteiger partial charge < -0.3 is 9.47 Å². The summed E-state index contributed by atoms with van der Waals surface area (Å²) < 4.78 is 10.6. The number of nitrogens with zero attached hydrogens (tertiary/aromatic N) is 1. The molecular weight excluding hydrogens is 304 g/mol. The first-order valence-corrected chi connectivity index (χ1v) is 7.65. The third-order valence-electron chi connectivity index (χ3n) is 3.48. The van der Waals surface area contributed by atoms with E-state index in [1.807, 2.05) is 67.6 Å². The van der Waals surface area contributed by atoms with Gasteiger partial charge in [0.1, 0.15) is 0 Å². The highest BCUT2D eigenvalue weighted by molar-refractivity contribution is 5.97. The number of allylic oxidation sites excluding steroid dienone is 1. The maximum Gasteiger partial charge on any atom is 0.244 e. The van der Waals surface area contributed by atoms with Gasteiger partial charge in [0.15, 0.2) is 11.5 Å². The van der Waals surface area contributed by atoms with Gasteiger partial charge in [-0.3, -0.25) is 4.79 Å². The van der Waals surface area contributed by atoms with Crippen LogP contribution in [0.2, 0.25) is 0 Å². The van der Waals surface area contributed by atoms with Crippen LogP contribution in [0.25, 0.3) is 6.08 Å². The minimum Gasteiger partial charge on any atom is -0.454 e. The van der Waals surface area contributed by atoms with Crippen molar-refractivity contribution in [2.24, 2.45) is 5.10 Å². The Hall–Kier alpha value is -3.08. The van der Waals surface area contributed by atoms with Gasteiger partial charge >= 0.3 is 0 Å². The van der Waals surface area contributed by atoms with Gasteiger partial charge in [0.25, 0.3) is 0 Å². The fourth-order valence-electron chi connectivity index (χ4n) is 2.24. The molecule has 24 heavy (non-hydrogen) atoms. The van der Waals surface area contributed by atoms with E-state index in [0.717, 1.165) is 22.6 Å². The van der Waals surface area contributed by atoms with E-state index in [4.69, 9.17) is 9.47 Å². The zero-order valence-corrected chi connectivity index (χ0v) is 13.4. The van der Waals surface area contributed by atoms with Crippen LogP contribution in [-0.2, 0) is 11.2 Å². The van der Waals surface area contributed by atoms with Crippen LogP contribution >= 0.6 is 0 Å². The third kappa shape index (κ3) is 4.23. The quantitative estimate of drug-likeness (QED) is 0.679. The van der Waals surface area contributed by atoms with Crippen molar-refractivity contribution in [1.29, 1.82) is 0 Å². The Morgan fingerprint density at radius 3 is 2.79 bits per heavy atom.